The van der Waals surface area contributed by atoms with E-state index < -0.39 is 5.25 Å². The highest BCUT2D eigenvalue weighted by molar-refractivity contribution is 8.00. The number of hydrogen-bond acceptors (Lipinski definition) is 5. The summed E-state index contributed by atoms with van der Waals surface area (Å²) in [6, 6.07) is 19.0. The zero-order chi connectivity index (χ0) is 19.5. The quantitative estimate of drug-likeness (QED) is 0.641. The molecule has 0 unspecified atom stereocenters. The molecule has 1 aliphatic rings. The largest absolute Gasteiger partial charge is 0.324 e. The van der Waals surface area contributed by atoms with Gasteiger partial charge in [-0.2, -0.15) is 5.26 Å². The van der Waals surface area contributed by atoms with E-state index in [1.165, 1.54) is 11.8 Å². The summed E-state index contributed by atoms with van der Waals surface area (Å²) in [5, 5.41) is 16.8. The number of anilines is 1. The normalized spacial score (nSPS) is 14.3. The van der Waals surface area contributed by atoms with Gasteiger partial charge >= 0.3 is 0 Å². The molecule has 1 atom stereocenters. The molecule has 7 heteroatoms. The minimum Gasteiger partial charge on any atom is -0.324 e. The summed E-state index contributed by atoms with van der Waals surface area (Å²) in [5.74, 6) is 1.21. The zero-order valence-corrected chi connectivity index (χ0v) is 16.2. The van der Waals surface area contributed by atoms with E-state index in [0.717, 1.165) is 24.4 Å². The van der Waals surface area contributed by atoms with Gasteiger partial charge in [-0.3, -0.25) is 4.79 Å². The molecule has 1 heterocycles. The molecule has 0 aliphatic heterocycles. The lowest BCUT2D eigenvalue weighted by molar-refractivity contribution is -0.115. The molecule has 140 valence electrons. The van der Waals surface area contributed by atoms with E-state index in [4.69, 9.17) is 4.98 Å². The molecule has 2 aromatic carbocycles. The highest BCUT2D eigenvalue weighted by atomic mass is 32.2. The van der Waals surface area contributed by atoms with Crippen LogP contribution in [0.2, 0.25) is 0 Å². The predicted octanol–water partition coefficient (Wildman–Crippen LogP) is 4.14. The summed E-state index contributed by atoms with van der Waals surface area (Å²) in [6.07, 6.45) is 2.24. The lowest BCUT2D eigenvalue weighted by Gasteiger charge is -2.11. The van der Waals surface area contributed by atoms with Crippen molar-refractivity contribution in [2.75, 3.05) is 5.32 Å². The number of nitrogens with one attached hydrogen (secondary N) is 1. The molecule has 1 fully saturated rings. The molecule has 0 spiro atoms. The van der Waals surface area contributed by atoms with Crippen LogP contribution in [-0.4, -0.2) is 25.9 Å². The van der Waals surface area contributed by atoms with Crippen LogP contribution >= 0.6 is 11.8 Å². The van der Waals surface area contributed by atoms with Crippen LogP contribution in [0.1, 0.15) is 37.1 Å². The molecule has 28 heavy (non-hydrogen) atoms. The lowest BCUT2D eigenvalue weighted by Crippen LogP contribution is -2.23. The molecular formula is C21H19N5OS. The van der Waals surface area contributed by atoms with Crippen LogP contribution in [0.5, 0.6) is 0 Å². The molecule has 0 bridgehead atoms. The second-order valence-electron chi connectivity index (χ2n) is 6.68. The van der Waals surface area contributed by atoms with Crippen LogP contribution in [0.15, 0.2) is 59.8 Å². The number of amides is 1. The maximum atomic E-state index is 12.6. The van der Waals surface area contributed by atoms with Gasteiger partial charge in [-0.1, -0.05) is 42.1 Å². The van der Waals surface area contributed by atoms with Crippen LogP contribution in [0.4, 0.5) is 5.69 Å². The Hall–Kier alpha value is -3.11. The van der Waals surface area contributed by atoms with Crippen molar-refractivity contribution in [1.29, 1.82) is 5.26 Å². The summed E-state index contributed by atoms with van der Waals surface area (Å²) in [7, 11) is 0. The topological polar surface area (TPSA) is 83.6 Å². The Morgan fingerprint density at radius 3 is 2.64 bits per heavy atom. The van der Waals surface area contributed by atoms with Crippen molar-refractivity contribution in [2.24, 2.45) is 0 Å². The van der Waals surface area contributed by atoms with Crippen molar-refractivity contribution in [1.82, 2.24) is 14.8 Å². The van der Waals surface area contributed by atoms with Crippen LogP contribution in [0.25, 0.3) is 5.69 Å². The smallest absolute Gasteiger partial charge is 0.237 e. The molecule has 0 radical (unpaired) electrons. The number of hydrogen-bond donors (Lipinski definition) is 1. The number of rotatable bonds is 6. The van der Waals surface area contributed by atoms with Crippen LogP contribution in [0.3, 0.4) is 0 Å². The fourth-order valence-electron chi connectivity index (χ4n) is 2.85. The SMILES string of the molecule is C[C@@H](Sc1nc(C2CC2)n(-c2ccccc2)n1)C(=O)Nc1ccccc1C#N. The second-order valence-corrected chi connectivity index (χ2v) is 7.99. The summed E-state index contributed by atoms with van der Waals surface area (Å²) >= 11 is 1.32. The fourth-order valence-corrected chi connectivity index (χ4v) is 3.61. The van der Waals surface area contributed by atoms with Crippen molar-refractivity contribution in [3.63, 3.8) is 0 Å². The number of aromatic nitrogens is 3. The molecule has 1 saturated carbocycles. The summed E-state index contributed by atoms with van der Waals surface area (Å²) in [4.78, 5) is 17.3. The van der Waals surface area contributed by atoms with E-state index in [1.807, 2.05) is 41.9 Å². The van der Waals surface area contributed by atoms with Crippen molar-refractivity contribution in [2.45, 2.75) is 36.1 Å². The van der Waals surface area contributed by atoms with Crippen molar-refractivity contribution in [3.8, 4) is 11.8 Å². The minimum atomic E-state index is -0.398. The van der Waals surface area contributed by atoms with Gasteiger partial charge in [0, 0.05) is 5.92 Å². The lowest BCUT2D eigenvalue weighted by atomic mass is 10.2. The van der Waals surface area contributed by atoms with Gasteiger partial charge in [0.2, 0.25) is 11.1 Å². The molecule has 6 nitrogen and oxygen atoms in total. The number of para-hydroxylation sites is 2. The van der Waals surface area contributed by atoms with Gasteiger partial charge in [-0.15, -0.1) is 5.10 Å². The standard InChI is InChI=1S/C21H19N5OS/c1-14(20(27)23-18-10-6-5-7-16(18)13-22)28-21-24-19(15-11-12-15)26(25-21)17-8-3-2-4-9-17/h2-10,14-15H,11-12H2,1H3,(H,23,27)/t14-/m1/s1. The number of carbonyl (C=O) groups excluding carboxylic acids is 1. The van der Waals surface area contributed by atoms with Crippen molar-refractivity contribution in [3.05, 3.63) is 66.0 Å². The molecule has 1 aliphatic carbocycles. The summed E-state index contributed by atoms with van der Waals surface area (Å²) < 4.78 is 1.88. The highest BCUT2D eigenvalue weighted by Gasteiger charge is 2.31. The van der Waals surface area contributed by atoms with Gasteiger partial charge in [-0.25, -0.2) is 9.67 Å². The predicted molar refractivity (Wildman–Crippen MR) is 108 cm³/mol. The van der Waals surface area contributed by atoms with Gasteiger partial charge in [0.05, 0.1) is 22.2 Å². The summed E-state index contributed by atoms with van der Waals surface area (Å²) in [5.41, 5.74) is 1.93. The number of nitrogens with zero attached hydrogens (tertiary/aromatic N) is 4. The molecule has 3 aromatic rings. The molecule has 4 rings (SSSR count). The van der Waals surface area contributed by atoms with E-state index in [-0.39, 0.29) is 5.91 Å². The van der Waals surface area contributed by atoms with Crippen molar-refractivity contribution < 1.29 is 4.79 Å². The van der Waals surface area contributed by atoms with E-state index in [9.17, 15) is 10.1 Å². The Morgan fingerprint density at radius 2 is 1.93 bits per heavy atom. The Labute approximate surface area is 167 Å². The van der Waals surface area contributed by atoms with E-state index in [0.29, 0.717) is 22.3 Å². The van der Waals surface area contributed by atoms with Gasteiger partial charge in [-0.05, 0) is 44.0 Å². The Kier molecular flexibility index (Phi) is 5.13. The highest BCUT2D eigenvalue weighted by Crippen LogP contribution is 2.40. The zero-order valence-electron chi connectivity index (χ0n) is 15.4. The van der Waals surface area contributed by atoms with E-state index in [2.05, 4.69) is 16.5 Å². The molecular weight excluding hydrogens is 370 g/mol. The molecule has 0 saturated heterocycles. The third-order valence-corrected chi connectivity index (χ3v) is 5.46. The van der Waals surface area contributed by atoms with Gasteiger partial charge in [0.25, 0.3) is 0 Å². The third kappa shape index (κ3) is 3.92. The maximum absolute atomic E-state index is 12.6. The van der Waals surface area contributed by atoms with Crippen LogP contribution in [0, 0.1) is 11.3 Å². The molecule has 1 aromatic heterocycles. The number of thioether (sulfide) groups is 1. The molecule has 1 N–H and O–H groups in total. The Balaban J connectivity index is 1.51. The number of benzene rings is 2. The van der Waals surface area contributed by atoms with E-state index in [1.54, 1.807) is 24.3 Å². The van der Waals surface area contributed by atoms with Crippen LogP contribution < -0.4 is 5.32 Å². The maximum Gasteiger partial charge on any atom is 0.237 e. The van der Waals surface area contributed by atoms with E-state index >= 15 is 0 Å². The van der Waals surface area contributed by atoms with Crippen molar-refractivity contribution >= 4 is 23.4 Å². The fraction of sp³-hybridized carbons (Fsp3) is 0.238. The number of carbonyl (C=O) groups is 1. The monoisotopic (exact) mass is 389 g/mol. The molecule has 1 amide bonds. The van der Waals surface area contributed by atoms with Gasteiger partial charge < -0.3 is 5.32 Å². The third-order valence-electron chi connectivity index (χ3n) is 4.51. The minimum absolute atomic E-state index is 0.184. The first-order valence-electron chi connectivity index (χ1n) is 9.14. The van der Waals surface area contributed by atoms with Gasteiger partial charge in [0.1, 0.15) is 11.9 Å². The average Bonchev–Trinajstić information content (AvgIpc) is 3.49. The first-order chi connectivity index (χ1) is 13.7. The second kappa shape index (κ2) is 7.87. The number of nitriles is 1. The first-order valence-corrected chi connectivity index (χ1v) is 10.0. The average molecular weight is 389 g/mol. The van der Waals surface area contributed by atoms with Crippen LogP contribution in [-0.2, 0) is 4.79 Å². The Bertz CT molecular complexity index is 1040. The van der Waals surface area contributed by atoms with Gasteiger partial charge in [0.15, 0.2) is 0 Å². The first kappa shape index (κ1) is 18.3. The Morgan fingerprint density at radius 1 is 1.21 bits per heavy atom. The summed E-state index contributed by atoms with van der Waals surface area (Å²) in [6.45, 7) is 1.81.